The Morgan fingerprint density at radius 2 is 1.93 bits per heavy atom. The number of aromatic nitrogens is 3. The number of fused-ring (bicyclic) bond motifs is 1. The lowest BCUT2D eigenvalue weighted by Gasteiger charge is -2.17. The number of halogens is 1. The van der Waals surface area contributed by atoms with Gasteiger partial charge in [0.2, 0.25) is 5.88 Å². The van der Waals surface area contributed by atoms with E-state index in [1.165, 1.54) is 33.5 Å². The Kier molecular flexibility index (Phi) is 8.13. The highest BCUT2D eigenvalue weighted by molar-refractivity contribution is 7.71. The van der Waals surface area contributed by atoms with Crippen LogP contribution in [0.5, 0.6) is 5.88 Å². The fourth-order valence-electron chi connectivity index (χ4n) is 5.47. The second-order valence-electron chi connectivity index (χ2n) is 10.2. The quantitative estimate of drug-likeness (QED) is 0.260. The van der Waals surface area contributed by atoms with E-state index in [1.54, 1.807) is 13.2 Å². The predicted molar refractivity (Wildman–Crippen MR) is 164 cm³/mol. The molecule has 0 spiro atoms. The van der Waals surface area contributed by atoms with Gasteiger partial charge in [0.1, 0.15) is 5.56 Å². The van der Waals surface area contributed by atoms with E-state index >= 15 is 0 Å². The number of carbonyl (C=O) groups excluding carboxylic acids is 1. The van der Waals surface area contributed by atoms with Crippen molar-refractivity contribution in [2.75, 3.05) is 19.0 Å². The number of nitrogens with zero attached hydrogens (tertiary/aromatic N) is 3. The number of ether oxygens (including phenoxy) is 1. The number of benzene rings is 2. The van der Waals surface area contributed by atoms with Crippen molar-refractivity contribution in [3.8, 4) is 28.3 Å². The number of methoxy groups -OCH3 is 1. The molecule has 5 rings (SSSR count). The van der Waals surface area contributed by atoms with E-state index in [0.29, 0.717) is 22.5 Å². The van der Waals surface area contributed by atoms with Crippen LogP contribution in [0.15, 0.2) is 53.5 Å². The summed E-state index contributed by atoms with van der Waals surface area (Å²) in [6.07, 6.45) is 3.42. The minimum Gasteiger partial charge on any atom is -0.481 e. The lowest BCUT2D eigenvalue weighted by Crippen LogP contribution is -2.31. The molecule has 0 aliphatic heterocycles. The maximum Gasteiger partial charge on any atom is 0.266 e. The number of carbonyl (C=O) groups is 1. The molecule has 8 nitrogen and oxygen atoms in total. The maximum absolute atomic E-state index is 13.3. The van der Waals surface area contributed by atoms with Crippen LogP contribution in [0.25, 0.3) is 22.4 Å². The molecular formula is C31H31ClN4O4S. The van der Waals surface area contributed by atoms with Gasteiger partial charge in [0.15, 0.2) is 4.77 Å². The van der Waals surface area contributed by atoms with Crippen LogP contribution in [0.1, 0.15) is 46.3 Å². The van der Waals surface area contributed by atoms with Crippen LogP contribution in [0.3, 0.4) is 0 Å². The Morgan fingerprint density at radius 1 is 1.22 bits per heavy atom. The number of anilines is 1. The summed E-state index contributed by atoms with van der Waals surface area (Å²) in [6, 6.07) is 13.5. The fourth-order valence-corrected chi connectivity index (χ4v) is 6.02. The Hall–Kier alpha value is -3.79. The number of nitrogens with one attached hydrogen (secondary N) is 1. The average Bonchev–Trinajstić information content (AvgIpc) is 3.34. The van der Waals surface area contributed by atoms with Gasteiger partial charge in [0.25, 0.3) is 11.5 Å². The van der Waals surface area contributed by atoms with Gasteiger partial charge in [-0.1, -0.05) is 48.9 Å². The van der Waals surface area contributed by atoms with Crippen molar-refractivity contribution in [2.24, 2.45) is 7.05 Å². The molecule has 212 valence electrons. The first-order valence-electron chi connectivity index (χ1n) is 13.4. The fraction of sp³-hybridized carbons (Fsp3) is 0.290. The van der Waals surface area contributed by atoms with Crippen LogP contribution < -0.4 is 15.6 Å². The third kappa shape index (κ3) is 5.21. The summed E-state index contributed by atoms with van der Waals surface area (Å²) in [7, 11) is 3.15. The molecule has 1 atom stereocenters. The lowest BCUT2D eigenvalue weighted by atomic mass is 9.95. The zero-order chi connectivity index (χ0) is 29.4. The van der Waals surface area contributed by atoms with Crippen molar-refractivity contribution >= 4 is 35.4 Å². The normalized spacial score (nSPS) is 14.1. The van der Waals surface area contributed by atoms with E-state index in [1.807, 2.05) is 37.3 Å². The number of hydrogen-bond acceptors (Lipinski definition) is 6. The van der Waals surface area contributed by atoms with Gasteiger partial charge in [-0.05, 0) is 66.7 Å². The van der Waals surface area contributed by atoms with Crippen LogP contribution in [-0.4, -0.2) is 38.8 Å². The van der Waals surface area contributed by atoms with Gasteiger partial charge in [0.05, 0.1) is 24.4 Å². The van der Waals surface area contributed by atoms with Crippen LogP contribution in [0.4, 0.5) is 5.69 Å². The number of aliphatic hydroxyl groups is 1. The van der Waals surface area contributed by atoms with Crippen molar-refractivity contribution in [2.45, 2.75) is 39.2 Å². The molecule has 1 unspecified atom stereocenters. The smallest absolute Gasteiger partial charge is 0.266 e. The molecule has 1 aliphatic rings. The van der Waals surface area contributed by atoms with E-state index in [9.17, 15) is 14.7 Å². The number of hydrogen-bond donors (Lipinski definition) is 2. The van der Waals surface area contributed by atoms with Crippen LogP contribution in [0, 0.1) is 11.7 Å². The maximum atomic E-state index is 13.3. The van der Waals surface area contributed by atoms with Gasteiger partial charge in [-0.25, -0.2) is 4.98 Å². The van der Waals surface area contributed by atoms with Gasteiger partial charge in [-0.15, -0.1) is 0 Å². The molecule has 0 saturated heterocycles. The first-order chi connectivity index (χ1) is 19.7. The SMILES string of the molecule is COc1nc(-c2cccc(-c3cccc(NC(=O)c4cn(CCO)c(=S)n(C)c4=O)c3C)c2Cl)cc2c1C(C)CC2. The molecule has 2 N–H and O–H groups in total. The minimum atomic E-state index is -0.573. The second kappa shape index (κ2) is 11.6. The topological polar surface area (TPSA) is 98.4 Å². The molecule has 0 radical (unpaired) electrons. The summed E-state index contributed by atoms with van der Waals surface area (Å²) in [5, 5.41) is 12.8. The third-order valence-electron chi connectivity index (χ3n) is 7.73. The molecule has 0 fully saturated rings. The number of pyridine rings is 1. The van der Waals surface area contributed by atoms with Crippen molar-refractivity contribution in [3.05, 3.63) is 91.1 Å². The van der Waals surface area contributed by atoms with Crippen LogP contribution in [-0.2, 0) is 20.0 Å². The molecule has 1 amide bonds. The molecule has 41 heavy (non-hydrogen) atoms. The lowest BCUT2D eigenvalue weighted by molar-refractivity contribution is 0.102. The summed E-state index contributed by atoms with van der Waals surface area (Å²) >= 11 is 12.3. The molecular weight excluding hydrogens is 560 g/mol. The van der Waals surface area contributed by atoms with Gasteiger partial charge in [-0.3, -0.25) is 14.2 Å². The summed E-state index contributed by atoms with van der Waals surface area (Å²) < 4.78 is 8.60. The van der Waals surface area contributed by atoms with E-state index < -0.39 is 11.5 Å². The number of rotatable bonds is 7. The monoisotopic (exact) mass is 590 g/mol. The Labute approximate surface area is 248 Å². The van der Waals surface area contributed by atoms with Crippen molar-refractivity contribution in [1.82, 2.24) is 14.1 Å². The number of aryl methyl sites for hydroxylation is 1. The van der Waals surface area contributed by atoms with E-state index in [4.69, 9.17) is 33.5 Å². The molecule has 0 bridgehead atoms. The molecule has 0 saturated carbocycles. The van der Waals surface area contributed by atoms with Crippen LogP contribution in [0.2, 0.25) is 5.02 Å². The zero-order valence-corrected chi connectivity index (χ0v) is 24.9. The first kappa shape index (κ1) is 28.7. The van der Waals surface area contributed by atoms with Gasteiger partial charge in [-0.2, -0.15) is 0 Å². The molecule has 2 aromatic carbocycles. The van der Waals surface area contributed by atoms with E-state index in [2.05, 4.69) is 18.3 Å². The molecule has 2 heterocycles. The summed E-state index contributed by atoms with van der Waals surface area (Å²) in [5.74, 6) is 0.467. The van der Waals surface area contributed by atoms with Crippen molar-refractivity contribution in [3.63, 3.8) is 0 Å². The largest absolute Gasteiger partial charge is 0.481 e. The summed E-state index contributed by atoms with van der Waals surface area (Å²) in [6.45, 7) is 4.07. The molecule has 1 aliphatic carbocycles. The average molecular weight is 591 g/mol. The Morgan fingerprint density at radius 3 is 2.66 bits per heavy atom. The highest BCUT2D eigenvalue weighted by atomic mass is 35.5. The summed E-state index contributed by atoms with van der Waals surface area (Å²) in [5.41, 5.74) is 6.30. The second-order valence-corrected chi connectivity index (χ2v) is 11.0. The zero-order valence-electron chi connectivity index (χ0n) is 23.3. The molecule has 4 aromatic rings. The van der Waals surface area contributed by atoms with Crippen molar-refractivity contribution in [1.29, 1.82) is 0 Å². The van der Waals surface area contributed by atoms with Gasteiger partial charge in [0, 0.05) is 42.2 Å². The van der Waals surface area contributed by atoms with Crippen molar-refractivity contribution < 1.29 is 14.6 Å². The van der Waals surface area contributed by atoms with Crippen LogP contribution >= 0.6 is 23.8 Å². The Bertz CT molecular complexity index is 1800. The highest BCUT2D eigenvalue weighted by Crippen LogP contribution is 2.43. The summed E-state index contributed by atoms with van der Waals surface area (Å²) in [4.78, 5) is 30.9. The Balaban J connectivity index is 1.52. The molecule has 10 heteroatoms. The van der Waals surface area contributed by atoms with E-state index in [-0.39, 0.29) is 23.5 Å². The number of amides is 1. The molecule has 2 aromatic heterocycles. The predicted octanol–water partition coefficient (Wildman–Crippen LogP) is 5.91. The standard InChI is InChI=1S/C31H31ClN4O4S/c1-17-11-12-19-15-25(34-29(40-4)26(17)19)22-9-5-8-21(27(22)32)20-7-6-10-24(18(20)2)33-28(38)23-16-36(13-14-37)31(41)35(3)30(23)39/h5-10,15-17,37H,11-14H2,1-4H3,(H,33,38). The third-order valence-corrected chi connectivity index (χ3v) is 8.64. The van der Waals surface area contributed by atoms with Gasteiger partial charge >= 0.3 is 0 Å². The minimum absolute atomic E-state index is 0.0784. The van der Waals surface area contributed by atoms with Gasteiger partial charge < -0.3 is 19.7 Å². The first-order valence-corrected chi connectivity index (χ1v) is 14.1. The number of aliphatic hydroxyl groups excluding tert-OH is 1. The van der Waals surface area contributed by atoms with E-state index in [0.717, 1.165) is 40.8 Å². The highest BCUT2D eigenvalue weighted by Gasteiger charge is 2.26.